The van der Waals surface area contributed by atoms with Crippen molar-refractivity contribution >= 4 is 11.3 Å². The summed E-state index contributed by atoms with van der Waals surface area (Å²) in [5.41, 5.74) is 5.67. The molecule has 0 unspecified atom stereocenters. The Kier molecular flexibility index (Phi) is 3.01. The molecule has 2 rings (SSSR count). The predicted molar refractivity (Wildman–Crippen MR) is 58.1 cm³/mol. The van der Waals surface area contributed by atoms with Crippen LogP contribution in [0.5, 0.6) is 0 Å². The zero-order valence-electron chi connectivity index (χ0n) is 7.91. The van der Waals surface area contributed by atoms with Gasteiger partial charge in [-0.1, -0.05) is 6.07 Å². The summed E-state index contributed by atoms with van der Waals surface area (Å²) in [6, 6.07) is 4.44. The molecule has 0 aromatic carbocycles. The van der Waals surface area contributed by atoms with Crippen LogP contribution in [0.4, 0.5) is 0 Å². The first-order valence-electron chi connectivity index (χ1n) is 5.13. The van der Waals surface area contributed by atoms with Gasteiger partial charge in [0.05, 0.1) is 0 Å². The lowest BCUT2D eigenvalue weighted by molar-refractivity contribution is 0.335. The third-order valence-electron chi connectivity index (χ3n) is 3.13. The molecule has 0 spiro atoms. The Morgan fingerprint density at radius 2 is 2.08 bits per heavy atom. The van der Waals surface area contributed by atoms with Gasteiger partial charge in [-0.05, 0) is 55.5 Å². The molecule has 0 radical (unpaired) electrons. The van der Waals surface area contributed by atoms with Gasteiger partial charge in [0.15, 0.2) is 0 Å². The monoisotopic (exact) mass is 195 g/mol. The summed E-state index contributed by atoms with van der Waals surface area (Å²) >= 11 is 1.91. The first kappa shape index (κ1) is 9.22. The quantitative estimate of drug-likeness (QED) is 0.771. The Labute approximate surface area is 84.0 Å². The molecular weight excluding hydrogens is 178 g/mol. The fraction of sp³-hybridized carbons (Fsp3) is 0.636. The topological polar surface area (TPSA) is 26.0 Å². The molecule has 72 valence electrons. The normalized spacial score (nSPS) is 29.0. The van der Waals surface area contributed by atoms with Gasteiger partial charge in [0.1, 0.15) is 0 Å². The predicted octanol–water partition coefficient (Wildman–Crippen LogP) is 2.98. The van der Waals surface area contributed by atoms with Gasteiger partial charge in [-0.25, -0.2) is 0 Å². The van der Waals surface area contributed by atoms with Gasteiger partial charge in [0.25, 0.3) is 0 Å². The molecule has 0 atom stereocenters. The first-order valence-corrected chi connectivity index (χ1v) is 6.01. The highest BCUT2D eigenvalue weighted by atomic mass is 32.1. The number of thiophene rings is 1. The third-order valence-corrected chi connectivity index (χ3v) is 4.16. The maximum Gasteiger partial charge on any atom is 0.00761 e. The van der Waals surface area contributed by atoms with E-state index in [0.29, 0.717) is 0 Å². The molecule has 0 amide bonds. The summed E-state index contributed by atoms with van der Waals surface area (Å²) < 4.78 is 0. The van der Waals surface area contributed by atoms with Crippen LogP contribution in [0.2, 0.25) is 0 Å². The molecule has 1 aromatic heterocycles. The van der Waals surface area contributed by atoms with Crippen molar-refractivity contribution in [2.24, 2.45) is 11.7 Å². The van der Waals surface area contributed by atoms with E-state index >= 15 is 0 Å². The Morgan fingerprint density at radius 3 is 2.62 bits per heavy atom. The lowest BCUT2D eigenvalue weighted by atomic mass is 9.81. The fourth-order valence-electron chi connectivity index (χ4n) is 2.21. The van der Waals surface area contributed by atoms with Crippen LogP contribution in [0.1, 0.15) is 36.5 Å². The molecule has 0 aliphatic heterocycles. The van der Waals surface area contributed by atoms with E-state index in [9.17, 15) is 0 Å². The minimum absolute atomic E-state index is 0.802. The van der Waals surface area contributed by atoms with Crippen molar-refractivity contribution in [3.8, 4) is 0 Å². The van der Waals surface area contributed by atoms with Gasteiger partial charge in [-0.3, -0.25) is 0 Å². The molecule has 1 aliphatic rings. The smallest absolute Gasteiger partial charge is 0.00761 e. The van der Waals surface area contributed by atoms with Crippen LogP contribution in [0.3, 0.4) is 0 Å². The standard InChI is InChI=1S/C11H17NS/c12-8-9-3-5-10(6-4-9)11-2-1-7-13-11/h1-2,7,9-10H,3-6,8,12H2. The van der Waals surface area contributed by atoms with E-state index in [-0.39, 0.29) is 0 Å². The molecule has 1 heterocycles. The largest absolute Gasteiger partial charge is 0.330 e. The van der Waals surface area contributed by atoms with Gasteiger partial charge in [-0.2, -0.15) is 0 Å². The minimum atomic E-state index is 0.802. The highest BCUT2D eigenvalue weighted by Gasteiger charge is 2.21. The van der Waals surface area contributed by atoms with Crippen LogP contribution in [0, 0.1) is 5.92 Å². The second kappa shape index (κ2) is 4.25. The van der Waals surface area contributed by atoms with Gasteiger partial charge >= 0.3 is 0 Å². The van der Waals surface area contributed by atoms with Crippen molar-refractivity contribution in [3.05, 3.63) is 22.4 Å². The van der Waals surface area contributed by atoms with Crippen LogP contribution in [0.15, 0.2) is 17.5 Å². The molecule has 1 fully saturated rings. The molecular formula is C11H17NS. The zero-order chi connectivity index (χ0) is 9.10. The molecule has 1 nitrogen and oxygen atoms in total. The van der Waals surface area contributed by atoms with Crippen LogP contribution >= 0.6 is 11.3 Å². The van der Waals surface area contributed by atoms with Crippen molar-refractivity contribution in [1.29, 1.82) is 0 Å². The van der Waals surface area contributed by atoms with Crippen molar-refractivity contribution in [1.82, 2.24) is 0 Å². The van der Waals surface area contributed by atoms with Crippen molar-refractivity contribution in [2.45, 2.75) is 31.6 Å². The average Bonchev–Trinajstić information content (AvgIpc) is 2.71. The van der Waals surface area contributed by atoms with Gasteiger partial charge in [-0.15, -0.1) is 11.3 Å². The molecule has 1 saturated carbocycles. The van der Waals surface area contributed by atoms with Crippen molar-refractivity contribution < 1.29 is 0 Å². The summed E-state index contributed by atoms with van der Waals surface area (Å²) in [4.78, 5) is 1.58. The number of nitrogens with two attached hydrogens (primary N) is 1. The summed E-state index contributed by atoms with van der Waals surface area (Å²) in [7, 11) is 0. The highest BCUT2D eigenvalue weighted by Crippen LogP contribution is 2.37. The molecule has 2 N–H and O–H groups in total. The SMILES string of the molecule is NCC1CCC(c2cccs2)CC1. The van der Waals surface area contributed by atoms with Gasteiger partial charge < -0.3 is 5.73 Å². The van der Waals surface area contributed by atoms with Crippen molar-refractivity contribution in [3.63, 3.8) is 0 Å². The number of rotatable bonds is 2. The van der Waals surface area contributed by atoms with E-state index in [1.54, 1.807) is 4.88 Å². The Bertz CT molecular complexity index is 235. The summed E-state index contributed by atoms with van der Waals surface area (Å²) in [5.74, 6) is 1.64. The highest BCUT2D eigenvalue weighted by molar-refractivity contribution is 7.10. The zero-order valence-corrected chi connectivity index (χ0v) is 8.72. The molecule has 2 heteroatoms. The van der Waals surface area contributed by atoms with Crippen LogP contribution in [-0.2, 0) is 0 Å². The maximum absolute atomic E-state index is 5.67. The molecule has 0 bridgehead atoms. The second-order valence-corrected chi connectivity index (χ2v) is 4.95. The Morgan fingerprint density at radius 1 is 1.31 bits per heavy atom. The van der Waals surface area contributed by atoms with E-state index in [0.717, 1.165) is 18.4 Å². The van der Waals surface area contributed by atoms with Gasteiger partial charge in [0, 0.05) is 4.88 Å². The van der Waals surface area contributed by atoms with Crippen LogP contribution in [-0.4, -0.2) is 6.54 Å². The fourth-order valence-corrected chi connectivity index (χ4v) is 3.11. The maximum atomic E-state index is 5.67. The van der Waals surface area contributed by atoms with Gasteiger partial charge in [0.2, 0.25) is 0 Å². The van der Waals surface area contributed by atoms with Crippen LogP contribution < -0.4 is 5.73 Å². The lowest BCUT2D eigenvalue weighted by Crippen LogP contribution is -2.20. The lowest BCUT2D eigenvalue weighted by Gasteiger charge is -2.26. The van der Waals surface area contributed by atoms with E-state index in [1.807, 2.05) is 11.3 Å². The number of hydrogen-bond acceptors (Lipinski definition) is 2. The molecule has 1 aliphatic carbocycles. The molecule has 13 heavy (non-hydrogen) atoms. The van der Waals surface area contributed by atoms with E-state index in [1.165, 1.54) is 25.7 Å². The van der Waals surface area contributed by atoms with E-state index in [2.05, 4.69) is 17.5 Å². The summed E-state index contributed by atoms with van der Waals surface area (Å²) in [6.07, 6.45) is 5.36. The van der Waals surface area contributed by atoms with Crippen LogP contribution in [0.25, 0.3) is 0 Å². The summed E-state index contributed by atoms with van der Waals surface area (Å²) in [6.45, 7) is 0.886. The first-order chi connectivity index (χ1) is 6.40. The van der Waals surface area contributed by atoms with E-state index in [4.69, 9.17) is 5.73 Å². The minimum Gasteiger partial charge on any atom is -0.330 e. The molecule has 1 aromatic rings. The second-order valence-electron chi connectivity index (χ2n) is 3.97. The average molecular weight is 195 g/mol. The Hall–Kier alpha value is -0.340. The molecule has 0 saturated heterocycles. The Balaban J connectivity index is 1.92. The third kappa shape index (κ3) is 2.12. The van der Waals surface area contributed by atoms with Crippen molar-refractivity contribution in [2.75, 3.05) is 6.54 Å². The summed E-state index contributed by atoms with van der Waals surface area (Å²) in [5, 5.41) is 2.18. The van der Waals surface area contributed by atoms with E-state index < -0.39 is 0 Å². The number of hydrogen-bond donors (Lipinski definition) is 1.